The first-order valence-corrected chi connectivity index (χ1v) is 6.24. The lowest BCUT2D eigenvalue weighted by atomic mass is 10.1. The van der Waals surface area contributed by atoms with Crippen molar-refractivity contribution < 1.29 is 9.53 Å². The van der Waals surface area contributed by atoms with E-state index < -0.39 is 0 Å². The van der Waals surface area contributed by atoms with Crippen molar-refractivity contribution in [1.29, 1.82) is 0 Å². The van der Waals surface area contributed by atoms with Gasteiger partial charge in [-0.15, -0.1) is 0 Å². The highest BCUT2D eigenvalue weighted by Crippen LogP contribution is 2.23. The Kier molecular flexibility index (Phi) is 5.65. The van der Waals surface area contributed by atoms with E-state index in [0.29, 0.717) is 13.0 Å². The van der Waals surface area contributed by atoms with E-state index in [1.807, 2.05) is 0 Å². The molecule has 0 atom stereocenters. The van der Waals surface area contributed by atoms with Crippen LogP contribution >= 0.6 is 0 Å². The molecular weight excluding hydrogens is 228 g/mol. The van der Waals surface area contributed by atoms with Gasteiger partial charge in [0.05, 0.1) is 6.61 Å². The summed E-state index contributed by atoms with van der Waals surface area (Å²) in [6.07, 6.45) is 2.08. The van der Waals surface area contributed by atoms with Crippen LogP contribution in [0.2, 0.25) is 0 Å². The topological polar surface area (TPSA) is 64.3 Å². The lowest BCUT2D eigenvalue weighted by Gasteiger charge is -2.12. The number of nitrogens with one attached hydrogen (secondary N) is 1. The van der Waals surface area contributed by atoms with Gasteiger partial charge < -0.3 is 4.74 Å². The molecule has 1 amide bonds. The van der Waals surface area contributed by atoms with Crippen molar-refractivity contribution in [1.82, 2.24) is 5.43 Å². The van der Waals surface area contributed by atoms with Crippen molar-refractivity contribution in [2.45, 2.75) is 40.0 Å². The molecule has 0 unspecified atom stereocenters. The Morgan fingerprint density at radius 3 is 2.67 bits per heavy atom. The molecule has 3 N–H and O–H groups in total. The van der Waals surface area contributed by atoms with Crippen LogP contribution in [0, 0.1) is 20.8 Å². The number of hydrazine groups is 1. The second kappa shape index (κ2) is 7.01. The third-order valence-corrected chi connectivity index (χ3v) is 2.98. The van der Waals surface area contributed by atoms with Crippen LogP contribution in [0.25, 0.3) is 0 Å². The molecule has 0 spiro atoms. The van der Waals surface area contributed by atoms with E-state index in [-0.39, 0.29) is 5.91 Å². The third kappa shape index (κ3) is 4.37. The predicted molar refractivity (Wildman–Crippen MR) is 72.3 cm³/mol. The molecule has 4 nitrogen and oxygen atoms in total. The van der Waals surface area contributed by atoms with Gasteiger partial charge >= 0.3 is 0 Å². The van der Waals surface area contributed by atoms with Crippen LogP contribution in [0.4, 0.5) is 0 Å². The van der Waals surface area contributed by atoms with Crippen LogP contribution in [0.3, 0.4) is 0 Å². The summed E-state index contributed by atoms with van der Waals surface area (Å²) in [5.41, 5.74) is 5.75. The lowest BCUT2D eigenvalue weighted by molar-refractivity contribution is -0.121. The van der Waals surface area contributed by atoms with Gasteiger partial charge in [0.15, 0.2) is 0 Å². The fourth-order valence-electron chi connectivity index (χ4n) is 1.79. The fraction of sp³-hybridized carbons (Fsp3) is 0.500. The number of ether oxygens (including phenoxy) is 1. The number of hydrogen-bond acceptors (Lipinski definition) is 3. The molecule has 1 aromatic carbocycles. The minimum Gasteiger partial charge on any atom is -0.493 e. The van der Waals surface area contributed by atoms with Crippen molar-refractivity contribution >= 4 is 5.91 Å². The zero-order valence-corrected chi connectivity index (χ0v) is 11.4. The Morgan fingerprint density at radius 1 is 1.28 bits per heavy atom. The quantitative estimate of drug-likeness (QED) is 0.352. The highest BCUT2D eigenvalue weighted by atomic mass is 16.5. The number of rotatable bonds is 6. The maximum absolute atomic E-state index is 10.9. The van der Waals surface area contributed by atoms with E-state index in [0.717, 1.165) is 18.6 Å². The molecule has 0 bridgehead atoms. The van der Waals surface area contributed by atoms with Crippen molar-refractivity contribution in [2.24, 2.45) is 5.84 Å². The molecule has 1 aromatic rings. The molecule has 18 heavy (non-hydrogen) atoms. The summed E-state index contributed by atoms with van der Waals surface area (Å²) in [4.78, 5) is 10.9. The smallest absolute Gasteiger partial charge is 0.233 e. The first-order chi connectivity index (χ1) is 8.54. The number of hydrogen-bond donors (Lipinski definition) is 2. The minimum atomic E-state index is -0.127. The van der Waals surface area contributed by atoms with Crippen LogP contribution in [0.5, 0.6) is 5.75 Å². The van der Waals surface area contributed by atoms with Crippen molar-refractivity contribution in [2.75, 3.05) is 6.61 Å². The summed E-state index contributed by atoms with van der Waals surface area (Å²) in [5.74, 6) is 5.81. The molecule has 4 heteroatoms. The second-order valence-corrected chi connectivity index (χ2v) is 4.58. The van der Waals surface area contributed by atoms with E-state index in [2.05, 4.69) is 38.3 Å². The monoisotopic (exact) mass is 250 g/mol. The normalized spacial score (nSPS) is 10.2. The van der Waals surface area contributed by atoms with Crippen LogP contribution in [-0.4, -0.2) is 12.5 Å². The maximum atomic E-state index is 10.9. The maximum Gasteiger partial charge on any atom is 0.233 e. The van der Waals surface area contributed by atoms with Crippen LogP contribution in [-0.2, 0) is 4.79 Å². The average Bonchev–Trinajstić information content (AvgIpc) is 2.34. The second-order valence-electron chi connectivity index (χ2n) is 4.58. The molecule has 100 valence electrons. The van der Waals surface area contributed by atoms with Gasteiger partial charge in [-0.3, -0.25) is 10.2 Å². The summed E-state index contributed by atoms with van der Waals surface area (Å²) in [6, 6.07) is 4.20. The zero-order chi connectivity index (χ0) is 13.5. The molecule has 0 aliphatic heterocycles. The van der Waals surface area contributed by atoms with Crippen LogP contribution in [0.1, 0.15) is 36.0 Å². The Bertz CT molecular complexity index is 417. The SMILES string of the molecule is Cc1cc(C)c(C)c(OCCCCC(=O)NN)c1. The van der Waals surface area contributed by atoms with Gasteiger partial charge in [0, 0.05) is 6.42 Å². The number of benzene rings is 1. The first kappa shape index (κ1) is 14.5. The molecule has 0 radical (unpaired) electrons. The van der Waals surface area contributed by atoms with Crippen LogP contribution in [0.15, 0.2) is 12.1 Å². The molecule has 0 saturated carbocycles. The summed E-state index contributed by atoms with van der Waals surface area (Å²) in [7, 11) is 0. The summed E-state index contributed by atoms with van der Waals surface area (Å²) in [6.45, 7) is 6.83. The number of aryl methyl sites for hydroxylation is 2. The summed E-state index contributed by atoms with van der Waals surface area (Å²) >= 11 is 0. The van der Waals surface area contributed by atoms with Gasteiger partial charge in [0.25, 0.3) is 0 Å². The van der Waals surface area contributed by atoms with Gasteiger partial charge in [0.1, 0.15) is 5.75 Å². The third-order valence-electron chi connectivity index (χ3n) is 2.98. The van der Waals surface area contributed by atoms with Gasteiger partial charge in [-0.2, -0.15) is 0 Å². The molecule has 0 aliphatic carbocycles. The van der Waals surface area contributed by atoms with Gasteiger partial charge in [-0.1, -0.05) is 6.07 Å². The molecule has 1 rings (SSSR count). The number of nitrogens with two attached hydrogens (primary N) is 1. The zero-order valence-electron chi connectivity index (χ0n) is 11.4. The van der Waals surface area contributed by atoms with Gasteiger partial charge in [-0.25, -0.2) is 5.84 Å². The molecule has 0 heterocycles. The number of amides is 1. The largest absolute Gasteiger partial charge is 0.493 e. The van der Waals surface area contributed by atoms with Crippen LogP contribution < -0.4 is 16.0 Å². The molecule has 0 saturated heterocycles. The van der Waals surface area contributed by atoms with Gasteiger partial charge in [-0.05, 0) is 56.4 Å². The van der Waals surface area contributed by atoms with E-state index in [1.165, 1.54) is 16.7 Å². The lowest BCUT2D eigenvalue weighted by Crippen LogP contribution is -2.29. The molecular formula is C14H22N2O2. The summed E-state index contributed by atoms with van der Waals surface area (Å²) in [5, 5.41) is 0. The van der Waals surface area contributed by atoms with Crippen molar-refractivity contribution in [3.05, 3.63) is 28.8 Å². The standard InChI is InChI=1S/C14H22N2O2/c1-10-8-11(2)12(3)13(9-10)18-7-5-4-6-14(17)16-15/h8-9H,4-7,15H2,1-3H3,(H,16,17). The first-order valence-electron chi connectivity index (χ1n) is 6.24. The van der Waals surface area contributed by atoms with E-state index in [4.69, 9.17) is 10.6 Å². The molecule has 0 aromatic heterocycles. The highest BCUT2D eigenvalue weighted by Gasteiger charge is 2.04. The van der Waals surface area contributed by atoms with Gasteiger partial charge in [0.2, 0.25) is 5.91 Å². The minimum absolute atomic E-state index is 0.127. The molecule has 0 aliphatic rings. The Labute approximate surface area is 108 Å². The fourth-order valence-corrected chi connectivity index (χ4v) is 1.79. The Balaban J connectivity index is 2.38. The van der Waals surface area contributed by atoms with Crippen molar-refractivity contribution in [3.63, 3.8) is 0 Å². The molecule has 0 fully saturated rings. The van der Waals surface area contributed by atoms with E-state index in [9.17, 15) is 4.79 Å². The summed E-state index contributed by atoms with van der Waals surface area (Å²) < 4.78 is 5.75. The van der Waals surface area contributed by atoms with E-state index >= 15 is 0 Å². The highest BCUT2D eigenvalue weighted by molar-refractivity contribution is 5.75. The predicted octanol–water partition coefficient (Wildman–Crippen LogP) is 2.15. The van der Waals surface area contributed by atoms with Crippen molar-refractivity contribution in [3.8, 4) is 5.75 Å². The average molecular weight is 250 g/mol. The Morgan fingerprint density at radius 2 is 2.00 bits per heavy atom. The number of unbranched alkanes of at least 4 members (excludes halogenated alkanes) is 1. The Hall–Kier alpha value is -1.55. The van der Waals surface area contributed by atoms with E-state index in [1.54, 1.807) is 0 Å². The number of carbonyl (C=O) groups excluding carboxylic acids is 1. The number of carbonyl (C=O) groups is 1.